The van der Waals surface area contributed by atoms with Crippen LogP contribution < -0.4 is 0 Å². The lowest BCUT2D eigenvalue weighted by Gasteiger charge is -2.03. The summed E-state index contributed by atoms with van der Waals surface area (Å²) in [4.78, 5) is 11.2. The van der Waals surface area contributed by atoms with Crippen LogP contribution in [0.5, 0.6) is 11.5 Å². The average molecular weight is 280 g/mol. The highest BCUT2D eigenvalue weighted by Crippen LogP contribution is 2.33. The molecule has 3 rings (SSSR count). The average Bonchev–Trinajstić information content (AvgIpc) is 2.92. The highest BCUT2D eigenvalue weighted by atomic mass is 16.3. The van der Waals surface area contributed by atoms with Crippen LogP contribution in [-0.4, -0.2) is 26.3 Å². The van der Waals surface area contributed by atoms with E-state index in [2.05, 4.69) is 5.10 Å². The molecule has 0 bridgehead atoms. The second-order valence-corrected chi connectivity index (χ2v) is 4.53. The van der Waals surface area contributed by atoms with Crippen molar-refractivity contribution in [3.63, 3.8) is 0 Å². The molecule has 0 aliphatic rings. The monoisotopic (exact) mass is 280 g/mol. The largest absolute Gasteiger partial charge is 0.508 e. The first-order valence-corrected chi connectivity index (χ1v) is 6.31. The van der Waals surface area contributed by atoms with Crippen LogP contribution in [0.3, 0.4) is 0 Å². The Labute approximate surface area is 120 Å². The molecule has 0 saturated heterocycles. The number of carbonyl (C=O) groups is 1. The molecule has 0 radical (unpaired) electrons. The van der Waals surface area contributed by atoms with Crippen molar-refractivity contribution in [1.29, 1.82) is 0 Å². The molecule has 21 heavy (non-hydrogen) atoms. The van der Waals surface area contributed by atoms with E-state index >= 15 is 0 Å². The van der Waals surface area contributed by atoms with Gasteiger partial charge in [-0.05, 0) is 24.3 Å². The molecule has 0 spiro atoms. The summed E-state index contributed by atoms with van der Waals surface area (Å²) in [6.45, 7) is 0. The minimum Gasteiger partial charge on any atom is -0.508 e. The van der Waals surface area contributed by atoms with Gasteiger partial charge in [-0.1, -0.05) is 18.2 Å². The number of benzene rings is 2. The fourth-order valence-electron chi connectivity index (χ4n) is 2.12. The predicted octanol–water partition coefficient (Wildman–Crippen LogP) is 2.76. The Balaban J connectivity index is 2.15. The van der Waals surface area contributed by atoms with Crippen LogP contribution in [0.25, 0.3) is 16.9 Å². The summed E-state index contributed by atoms with van der Waals surface area (Å²) in [6.07, 6.45) is 2.29. The van der Waals surface area contributed by atoms with Gasteiger partial charge in [0.25, 0.3) is 0 Å². The third-order valence-electron chi connectivity index (χ3n) is 3.13. The van der Waals surface area contributed by atoms with Crippen LogP contribution in [0.2, 0.25) is 0 Å². The summed E-state index contributed by atoms with van der Waals surface area (Å²) >= 11 is 0. The number of nitrogens with zero attached hydrogens (tertiary/aromatic N) is 2. The molecule has 0 atom stereocenters. The van der Waals surface area contributed by atoms with E-state index in [0.717, 1.165) is 5.69 Å². The van der Waals surface area contributed by atoms with Gasteiger partial charge in [0.2, 0.25) is 0 Å². The Morgan fingerprint density at radius 3 is 2.48 bits per heavy atom. The van der Waals surface area contributed by atoms with Gasteiger partial charge < -0.3 is 10.2 Å². The summed E-state index contributed by atoms with van der Waals surface area (Å²) in [5.74, 6) is -0.178. The van der Waals surface area contributed by atoms with Crippen LogP contribution in [0.1, 0.15) is 10.4 Å². The molecule has 5 nitrogen and oxygen atoms in total. The molecule has 0 amide bonds. The minimum atomic E-state index is -0.128. The molecule has 1 aromatic heterocycles. The molecule has 2 aromatic carbocycles. The first-order chi connectivity index (χ1) is 10.2. The van der Waals surface area contributed by atoms with Crippen LogP contribution in [0.4, 0.5) is 0 Å². The predicted molar refractivity (Wildman–Crippen MR) is 77.7 cm³/mol. The molecule has 2 N–H and O–H groups in total. The van der Waals surface area contributed by atoms with Crippen LogP contribution in [0.15, 0.2) is 54.7 Å². The number of carbonyl (C=O) groups excluding carboxylic acids is 1. The molecule has 0 fully saturated rings. The lowest BCUT2D eigenvalue weighted by Crippen LogP contribution is -1.94. The number of aromatic hydroxyl groups is 2. The van der Waals surface area contributed by atoms with Crippen LogP contribution in [0, 0.1) is 0 Å². The smallest absolute Gasteiger partial charge is 0.153 e. The Bertz CT molecular complexity index is 795. The van der Waals surface area contributed by atoms with E-state index in [9.17, 15) is 15.0 Å². The van der Waals surface area contributed by atoms with E-state index in [1.165, 1.54) is 18.2 Å². The van der Waals surface area contributed by atoms with Gasteiger partial charge in [0.05, 0.1) is 11.3 Å². The molecule has 0 unspecified atom stereocenters. The molecule has 5 heteroatoms. The number of hydrogen-bond acceptors (Lipinski definition) is 4. The van der Waals surface area contributed by atoms with Gasteiger partial charge in [0.1, 0.15) is 17.2 Å². The highest BCUT2D eigenvalue weighted by Gasteiger charge is 2.15. The van der Waals surface area contributed by atoms with E-state index in [-0.39, 0.29) is 11.5 Å². The lowest BCUT2D eigenvalue weighted by atomic mass is 10.1. The van der Waals surface area contributed by atoms with Gasteiger partial charge >= 0.3 is 0 Å². The first kappa shape index (κ1) is 12.9. The number of aldehydes is 1. The number of aromatic nitrogens is 2. The quantitative estimate of drug-likeness (QED) is 0.723. The summed E-state index contributed by atoms with van der Waals surface area (Å²) in [7, 11) is 0. The van der Waals surface area contributed by atoms with Crippen molar-refractivity contribution in [2.45, 2.75) is 0 Å². The van der Waals surface area contributed by atoms with Crippen LogP contribution in [-0.2, 0) is 0 Å². The minimum absolute atomic E-state index is 0.0496. The molecule has 104 valence electrons. The second-order valence-electron chi connectivity index (χ2n) is 4.53. The lowest BCUT2D eigenvalue weighted by molar-refractivity contribution is 0.112. The van der Waals surface area contributed by atoms with Crippen LogP contribution >= 0.6 is 0 Å². The maximum absolute atomic E-state index is 11.2. The molecule has 0 aliphatic heterocycles. The van der Waals surface area contributed by atoms with Gasteiger partial charge in [0, 0.05) is 17.8 Å². The maximum Gasteiger partial charge on any atom is 0.153 e. The van der Waals surface area contributed by atoms with E-state index < -0.39 is 0 Å². The Morgan fingerprint density at radius 2 is 1.81 bits per heavy atom. The van der Waals surface area contributed by atoms with E-state index in [1.807, 2.05) is 30.3 Å². The fraction of sp³-hybridized carbons (Fsp3) is 0. The van der Waals surface area contributed by atoms with Gasteiger partial charge in [-0.3, -0.25) is 4.79 Å². The van der Waals surface area contributed by atoms with E-state index in [4.69, 9.17) is 0 Å². The van der Waals surface area contributed by atoms with Crippen molar-refractivity contribution < 1.29 is 15.0 Å². The zero-order valence-electron chi connectivity index (χ0n) is 11.0. The first-order valence-electron chi connectivity index (χ1n) is 6.31. The Kier molecular flexibility index (Phi) is 3.16. The molecule has 0 saturated carbocycles. The number of rotatable bonds is 3. The van der Waals surface area contributed by atoms with Crippen molar-refractivity contribution in [2.24, 2.45) is 0 Å². The third kappa shape index (κ3) is 2.36. The van der Waals surface area contributed by atoms with Gasteiger partial charge in [-0.15, -0.1) is 0 Å². The number of hydrogen-bond donors (Lipinski definition) is 2. The van der Waals surface area contributed by atoms with E-state index in [1.54, 1.807) is 10.9 Å². The van der Waals surface area contributed by atoms with Crippen molar-refractivity contribution >= 4 is 6.29 Å². The molecule has 3 aromatic rings. The zero-order valence-corrected chi connectivity index (χ0v) is 11.0. The molecular formula is C16H12N2O3. The maximum atomic E-state index is 11.2. The van der Waals surface area contributed by atoms with Crippen molar-refractivity contribution in [1.82, 2.24) is 9.78 Å². The van der Waals surface area contributed by atoms with Gasteiger partial charge in [-0.2, -0.15) is 5.10 Å². The Morgan fingerprint density at radius 1 is 1.05 bits per heavy atom. The van der Waals surface area contributed by atoms with Crippen molar-refractivity contribution in [2.75, 3.05) is 0 Å². The molecule has 0 aliphatic carbocycles. The normalized spacial score (nSPS) is 10.5. The summed E-state index contributed by atoms with van der Waals surface area (Å²) in [6, 6.07) is 13.5. The van der Waals surface area contributed by atoms with Crippen molar-refractivity contribution in [3.8, 4) is 28.4 Å². The third-order valence-corrected chi connectivity index (χ3v) is 3.13. The Hall–Kier alpha value is -3.08. The standard InChI is InChI=1S/C16H12N2O3/c19-10-11-9-18(12-4-2-1-3-5-12)17-16(11)14-7-6-13(20)8-15(14)21/h1-10,20-21H. The SMILES string of the molecule is O=Cc1cn(-c2ccccc2)nc1-c1ccc(O)cc1O. The van der Waals surface area contributed by atoms with E-state index in [0.29, 0.717) is 23.1 Å². The second kappa shape index (κ2) is 5.13. The zero-order chi connectivity index (χ0) is 14.8. The van der Waals surface area contributed by atoms with Gasteiger partial charge in [0.15, 0.2) is 6.29 Å². The topological polar surface area (TPSA) is 75.4 Å². The molecular weight excluding hydrogens is 268 g/mol. The van der Waals surface area contributed by atoms with Crippen molar-refractivity contribution in [3.05, 3.63) is 60.3 Å². The highest BCUT2D eigenvalue weighted by molar-refractivity contribution is 5.87. The molecule has 1 heterocycles. The number of phenols is 2. The summed E-state index contributed by atoms with van der Waals surface area (Å²) in [5, 5.41) is 23.6. The summed E-state index contributed by atoms with van der Waals surface area (Å²) < 4.78 is 1.57. The fourth-order valence-corrected chi connectivity index (χ4v) is 2.12. The number of phenolic OH excluding ortho intramolecular Hbond substituents is 2. The summed E-state index contributed by atoms with van der Waals surface area (Å²) in [5.41, 5.74) is 1.93. The van der Waals surface area contributed by atoms with Gasteiger partial charge in [-0.25, -0.2) is 4.68 Å². The number of para-hydroxylation sites is 1.